The third-order valence-electron chi connectivity index (χ3n) is 4.74. The number of benzene rings is 1. The molecule has 0 fully saturated rings. The van der Waals surface area contributed by atoms with Gasteiger partial charge >= 0.3 is 0 Å². The molecule has 0 saturated carbocycles. The molecular weight excluding hydrogens is 258 g/mol. The molecule has 0 unspecified atom stereocenters. The van der Waals surface area contributed by atoms with Crippen molar-refractivity contribution < 1.29 is 0 Å². The number of nitrogens with zero attached hydrogens (tertiary/aromatic N) is 3. The number of aryl methyl sites for hydroxylation is 2. The second-order valence-corrected chi connectivity index (χ2v) is 5.87. The number of aromatic nitrogens is 1. The standard InChI is InChI=1S/C18H21N3/c1-4-21-10-8-17-16(11-21)14(7-9-19)15-6-5-12(2)13(3)18(15)20-17/h5-6H,4,7-8,10-11H2,1-3H3. The summed E-state index contributed by atoms with van der Waals surface area (Å²) in [6.07, 6.45) is 1.46. The smallest absolute Gasteiger partial charge is 0.0740 e. The lowest BCUT2D eigenvalue weighted by Gasteiger charge is -2.29. The summed E-state index contributed by atoms with van der Waals surface area (Å²) in [5, 5.41) is 10.4. The van der Waals surface area contributed by atoms with Crippen LogP contribution in [0.2, 0.25) is 0 Å². The van der Waals surface area contributed by atoms with Crippen molar-refractivity contribution in [3.05, 3.63) is 40.1 Å². The maximum atomic E-state index is 9.24. The molecule has 1 aromatic heterocycles. The van der Waals surface area contributed by atoms with Crippen LogP contribution in [0.1, 0.15) is 34.9 Å². The van der Waals surface area contributed by atoms with Gasteiger partial charge in [-0.3, -0.25) is 9.88 Å². The summed E-state index contributed by atoms with van der Waals surface area (Å²) < 4.78 is 0. The van der Waals surface area contributed by atoms with Gasteiger partial charge in [0.1, 0.15) is 0 Å². The highest BCUT2D eigenvalue weighted by molar-refractivity contribution is 5.87. The Labute approximate surface area is 126 Å². The van der Waals surface area contributed by atoms with Crippen LogP contribution < -0.4 is 0 Å². The fourth-order valence-electron chi connectivity index (χ4n) is 3.24. The second kappa shape index (κ2) is 5.46. The molecule has 0 bridgehead atoms. The third kappa shape index (κ3) is 2.30. The molecule has 0 N–H and O–H groups in total. The maximum Gasteiger partial charge on any atom is 0.0740 e. The highest BCUT2D eigenvalue weighted by Gasteiger charge is 2.22. The molecule has 2 aromatic rings. The molecule has 108 valence electrons. The number of hydrogen-bond donors (Lipinski definition) is 0. The lowest BCUT2D eigenvalue weighted by atomic mass is 9.92. The van der Waals surface area contributed by atoms with Gasteiger partial charge in [0.05, 0.1) is 18.0 Å². The Morgan fingerprint density at radius 2 is 2.14 bits per heavy atom. The van der Waals surface area contributed by atoms with Crippen LogP contribution in [-0.2, 0) is 19.4 Å². The van der Waals surface area contributed by atoms with Crippen molar-refractivity contribution in [3.8, 4) is 6.07 Å². The summed E-state index contributed by atoms with van der Waals surface area (Å²) in [6, 6.07) is 6.63. The Morgan fingerprint density at radius 3 is 2.86 bits per heavy atom. The van der Waals surface area contributed by atoms with Gasteiger partial charge in [-0.05, 0) is 42.6 Å². The molecule has 0 spiro atoms. The predicted octanol–water partition coefficient (Wildman–Crippen LogP) is 3.30. The van der Waals surface area contributed by atoms with Crippen LogP contribution in [0.25, 0.3) is 10.9 Å². The van der Waals surface area contributed by atoms with Gasteiger partial charge in [0.25, 0.3) is 0 Å². The minimum atomic E-state index is 0.474. The molecule has 1 aliphatic rings. The van der Waals surface area contributed by atoms with E-state index < -0.39 is 0 Å². The van der Waals surface area contributed by atoms with Gasteiger partial charge in [-0.1, -0.05) is 19.1 Å². The van der Waals surface area contributed by atoms with Gasteiger partial charge in [0, 0.05) is 30.6 Å². The summed E-state index contributed by atoms with van der Waals surface area (Å²) in [6.45, 7) is 9.50. The number of fused-ring (bicyclic) bond motifs is 2. The molecule has 1 aliphatic heterocycles. The Bertz CT molecular complexity index is 740. The molecule has 0 saturated heterocycles. The van der Waals surface area contributed by atoms with E-state index in [2.05, 4.69) is 43.9 Å². The fourth-order valence-corrected chi connectivity index (χ4v) is 3.24. The van der Waals surface area contributed by atoms with Crippen LogP contribution in [0.4, 0.5) is 0 Å². The van der Waals surface area contributed by atoms with E-state index >= 15 is 0 Å². The zero-order chi connectivity index (χ0) is 15.0. The van der Waals surface area contributed by atoms with Gasteiger partial charge in [-0.2, -0.15) is 5.26 Å². The Hall–Kier alpha value is -1.92. The van der Waals surface area contributed by atoms with E-state index in [-0.39, 0.29) is 0 Å². The molecule has 21 heavy (non-hydrogen) atoms. The first kappa shape index (κ1) is 14.0. The van der Waals surface area contributed by atoms with E-state index in [1.165, 1.54) is 27.9 Å². The van der Waals surface area contributed by atoms with Gasteiger partial charge in [0.15, 0.2) is 0 Å². The summed E-state index contributed by atoms with van der Waals surface area (Å²) in [5.74, 6) is 0. The molecule has 0 aliphatic carbocycles. The van der Waals surface area contributed by atoms with Crippen molar-refractivity contribution in [1.82, 2.24) is 9.88 Å². The number of pyridine rings is 1. The average Bonchev–Trinajstić information content (AvgIpc) is 2.51. The van der Waals surface area contributed by atoms with E-state index in [1.807, 2.05) is 0 Å². The normalized spacial score (nSPS) is 15.0. The summed E-state index contributed by atoms with van der Waals surface area (Å²) in [4.78, 5) is 7.38. The van der Waals surface area contributed by atoms with Crippen LogP contribution in [0.5, 0.6) is 0 Å². The van der Waals surface area contributed by atoms with Crippen LogP contribution >= 0.6 is 0 Å². The minimum absolute atomic E-state index is 0.474. The van der Waals surface area contributed by atoms with Gasteiger partial charge in [-0.25, -0.2) is 0 Å². The Morgan fingerprint density at radius 1 is 1.33 bits per heavy atom. The van der Waals surface area contributed by atoms with Crippen molar-refractivity contribution in [3.63, 3.8) is 0 Å². The Kier molecular flexibility index (Phi) is 3.65. The summed E-state index contributed by atoms with van der Waals surface area (Å²) in [5.41, 5.74) is 7.28. The molecule has 2 heterocycles. The largest absolute Gasteiger partial charge is 0.299 e. The van der Waals surface area contributed by atoms with Crippen LogP contribution in [0.3, 0.4) is 0 Å². The van der Waals surface area contributed by atoms with E-state index in [4.69, 9.17) is 4.98 Å². The number of rotatable bonds is 2. The maximum absolute atomic E-state index is 9.24. The van der Waals surface area contributed by atoms with Gasteiger partial charge < -0.3 is 0 Å². The molecule has 0 radical (unpaired) electrons. The molecule has 3 nitrogen and oxygen atoms in total. The molecule has 3 heteroatoms. The first-order chi connectivity index (χ1) is 10.2. The third-order valence-corrected chi connectivity index (χ3v) is 4.74. The molecular formula is C18H21N3. The average molecular weight is 279 g/mol. The lowest BCUT2D eigenvalue weighted by Crippen LogP contribution is -2.31. The number of likely N-dealkylation sites (N-methyl/N-ethyl adjacent to an activating group) is 1. The SMILES string of the molecule is CCN1CCc2nc3c(C)c(C)ccc3c(CC#N)c2C1. The van der Waals surface area contributed by atoms with Crippen LogP contribution in [-0.4, -0.2) is 23.0 Å². The van der Waals surface area contributed by atoms with Gasteiger partial charge in [0.2, 0.25) is 0 Å². The van der Waals surface area contributed by atoms with Crippen molar-refractivity contribution in [1.29, 1.82) is 5.26 Å². The monoisotopic (exact) mass is 279 g/mol. The van der Waals surface area contributed by atoms with Crippen molar-refractivity contribution >= 4 is 10.9 Å². The topological polar surface area (TPSA) is 39.9 Å². The zero-order valence-electron chi connectivity index (χ0n) is 13.0. The molecule has 0 atom stereocenters. The fraction of sp³-hybridized carbons (Fsp3) is 0.444. The summed E-state index contributed by atoms with van der Waals surface area (Å²) in [7, 11) is 0. The van der Waals surface area contributed by atoms with E-state index in [9.17, 15) is 5.26 Å². The minimum Gasteiger partial charge on any atom is -0.299 e. The quantitative estimate of drug-likeness (QED) is 0.847. The molecule has 0 amide bonds. The second-order valence-electron chi connectivity index (χ2n) is 5.87. The summed E-state index contributed by atoms with van der Waals surface area (Å²) >= 11 is 0. The highest BCUT2D eigenvalue weighted by atomic mass is 15.1. The highest BCUT2D eigenvalue weighted by Crippen LogP contribution is 2.30. The number of nitriles is 1. The predicted molar refractivity (Wildman–Crippen MR) is 85.2 cm³/mol. The first-order valence-corrected chi connectivity index (χ1v) is 7.65. The van der Waals surface area contributed by atoms with Gasteiger partial charge in [-0.15, -0.1) is 0 Å². The van der Waals surface area contributed by atoms with Crippen LogP contribution in [0.15, 0.2) is 12.1 Å². The Balaban J connectivity index is 2.29. The molecule has 1 aromatic carbocycles. The zero-order valence-corrected chi connectivity index (χ0v) is 13.0. The molecule has 3 rings (SSSR count). The van der Waals surface area contributed by atoms with Crippen molar-refractivity contribution in [2.45, 2.75) is 40.2 Å². The number of hydrogen-bond acceptors (Lipinski definition) is 3. The first-order valence-electron chi connectivity index (χ1n) is 7.65. The lowest BCUT2D eigenvalue weighted by molar-refractivity contribution is 0.265. The van der Waals surface area contributed by atoms with E-state index in [0.717, 1.165) is 37.0 Å². The van der Waals surface area contributed by atoms with Crippen LogP contribution in [0, 0.1) is 25.2 Å². The van der Waals surface area contributed by atoms with E-state index in [0.29, 0.717) is 6.42 Å². The van der Waals surface area contributed by atoms with Crippen molar-refractivity contribution in [2.24, 2.45) is 0 Å². The van der Waals surface area contributed by atoms with E-state index in [1.54, 1.807) is 0 Å². The van der Waals surface area contributed by atoms with Crippen molar-refractivity contribution in [2.75, 3.05) is 13.1 Å².